The van der Waals surface area contributed by atoms with Gasteiger partial charge in [0.1, 0.15) is 5.01 Å². The van der Waals surface area contributed by atoms with Crippen LogP contribution in [0.1, 0.15) is 30.0 Å². The number of nitrogens with zero attached hydrogens (tertiary/aromatic N) is 1. The van der Waals surface area contributed by atoms with Crippen LogP contribution in [0.2, 0.25) is 0 Å². The van der Waals surface area contributed by atoms with Crippen molar-refractivity contribution in [1.29, 1.82) is 0 Å². The van der Waals surface area contributed by atoms with Crippen LogP contribution in [0.5, 0.6) is 0 Å². The standard InChI is InChI=1S/C15H16F3NS/c1-9(2)8-13-10(3)19-14(20-13)11-4-6-12(7-5-11)15(16,17)18/h4-7,9H,8H2,1-3H3. The second kappa shape index (κ2) is 5.56. The maximum absolute atomic E-state index is 12.5. The SMILES string of the molecule is Cc1nc(-c2ccc(C(F)(F)F)cc2)sc1CC(C)C. The van der Waals surface area contributed by atoms with Gasteiger partial charge in [0.05, 0.1) is 11.3 Å². The predicted molar refractivity (Wildman–Crippen MR) is 75.8 cm³/mol. The van der Waals surface area contributed by atoms with E-state index in [2.05, 4.69) is 18.8 Å². The van der Waals surface area contributed by atoms with Crippen molar-refractivity contribution in [2.75, 3.05) is 0 Å². The first-order valence-electron chi connectivity index (χ1n) is 6.41. The zero-order valence-electron chi connectivity index (χ0n) is 11.6. The van der Waals surface area contributed by atoms with Crippen molar-refractivity contribution < 1.29 is 13.2 Å². The first-order valence-corrected chi connectivity index (χ1v) is 7.23. The lowest BCUT2D eigenvalue weighted by Gasteiger charge is -2.06. The fraction of sp³-hybridized carbons (Fsp3) is 0.400. The zero-order valence-corrected chi connectivity index (χ0v) is 12.4. The fourth-order valence-electron chi connectivity index (χ4n) is 1.91. The number of hydrogen-bond acceptors (Lipinski definition) is 2. The number of thiazole rings is 1. The fourth-order valence-corrected chi connectivity index (χ4v) is 3.19. The lowest BCUT2D eigenvalue weighted by atomic mass is 10.1. The van der Waals surface area contributed by atoms with Crippen molar-refractivity contribution in [3.63, 3.8) is 0 Å². The topological polar surface area (TPSA) is 12.9 Å². The van der Waals surface area contributed by atoms with Crippen LogP contribution in [0.4, 0.5) is 13.2 Å². The predicted octanol–water partition coefficient (Wildman–Crippen LogP) is 5.34. The highest BCUT2D eigenvalue weighted by Gasteiger charge is 2.30. The maximum atomic E-state index is 12.5. The minimum absolute atomic E-state index is 0.537. The van der Waals surface area contributed by atoms with Crippen LogP contribution in [0.15, 0.2) is 24.3 Å². The smallest absolute Gasteiger partial charge is 0.241 e. The summed E-state index contributed by atoms with van der Waals surface area (Å²) in [6.45, 7) is 6.22. The number of benzene rings is 1. The number of aromatic nitrogens is 1. The zero-order chi connectivity index (χ0) is 14.9. The van der Waals surface area contributed by atoms with E-state index in [1.165, 1.54) is 17.0 Å². The van der Waals surface area contributed by atoms with E-state index in [1.807, 2.05) is 6.92 Å². The minimum Gasteiger partial charge on any atom is -0.241 e. The number of halogens is 3. The van der Waals surface area contributed by atoms with Gasteiger partial charge in [0.25, 0.3) is 0 Å². The summed E-state index contributed by atoms with van der Waals surface area (Å²) in [6, 6.07) is 5.18. The Kier molecular flexibility index (Phi) is 4.18. The second-order valence-corrected chi connectivity index (χ2v) is 6.28. The van der Waals surface area contributed by atoms with Crippen LogP contribution in [0.3, 0.4) is 0 Å². The lowest BCUT2D eigenvalue weighted by Crippen LogP contribution is -2.03. The number of rotatable bonds is 3. The van der Waals surface area contributed by atoms with Gasteiger partial charge < -0.3 is 0 Å². The lowest BCUT2D eigenvalue weighted by molar-refractivity contribution is -0.137. The first kappa shape index (κ1) is 15.0. The highest BCUT2D eigenvalue weighted by atomic mass is 32.1. The van der Waals surface area contributed by atoms with Gasteiger partial charge in [-0.25, -0.2) is 4.98 Å². The van der Waals surface area contributed by atoms with Gasteiger partial charge in [0, 0.05) is 10.4 Å². The largest absolute Gasteiger partial charge is 0.416 e. The van der Waals surface area contributed by atoms with Crippen molar-refractivity contribution in [3.05, 3.63) is 40.4 Å². The van der Waals surface area contributed by atoms with E-state index in [1.54, 1.807) is 11.3 Å². The van der Waals surface area contributed by atoms with E-state index >= 15 is 0 Å². The Bertz CT molecular complexity index is 582. The summed E-state index contributed by atoms with van der Waals surface area (Å²) in [6.07, 6.45) is -3.34. The molecule has 2 rings (SSSR count). The molecule has 1 aromatic heterocycles. The van der Waals surface area contributed by atoms with Gasteiger partial charge >= 0.3 is 6.18 Å². The van der Waals surface area contributed by atoms with E-state index in [9.17, 15) is 13.2 Å². The quantitative estimate of drug-likeness (QED) is 0.746. The van der Waals surface area contributed by atoms with Gasteiger partial charge in [0.2, 0.25) is 0 Å². The molecule has 108 valence electrons. The normalized spacial score (nSPS) is 12.2. The summed E-state index contributed by atoms with van der Waals surface area (Å²) < 4.78 is 37.6. The molecular formula is C15H16F3NS. The summed E-state index contributed by atoms with van der Waals surface area (Å²) in [4.78, 5) is 5.67. The summed E-state index contributed by atoms with van der Waals surface area (Å²) >= 11 is 1.56. The van der Waals surface area contributed by atoms with Gasteiger partial charge in [0.15, 0.2) is 0 Å². The van der Waals surface area contributed by atoms with E-state index < -0.39 is 11.7 Å². The molecule has 5 heteroatoms. The molecule has 1 aromatic carbocycles. The second-order valence-electron chi connectivity index (χ2n) is 5.20. The third-order valence-electron chi connectivity index (χ3n) is 2.95. The molecule has 0 aliphatic carbocycles. The molecule has 0 atom stereocenters. The Balaban J connectivity index is 2.28. The van der Waals surface area contributed by atoms with E-state index in [4.69, 9.17) is 0 Å². The summed E-state index contributed by atoms with van der Waals surface area (Å²) in [5.41, 5.74) is 1.08. The average Bonchev–Trinajstić information content (AvgIpc) is 2.69. The Morgan fingerprint density at radius 1 is 1.15 bits per heavy atom. The molecule has 1 heterocycles. The molecule has 0 unspecified atom stereocenters. The summed E-state index contributed by atoms with van der Waals surface area (Å²) in [7, 11) is 0. The molecule has 0 fully saturated rings. The highest BCUT2D eigenvalue weighted by Crippen LogP contribution is 2.33. The Morgan fingerprint density at radius 2 is 1.75 bits per heavy atom. The van der Waals surface area contributed by atoms with E-state index in [0.29, 0.717) is 5.92 Å². The van der Waals surface area contributed by atoms with Crippen LogP contribution in [-0.4, -0.2) is 4.98 Å². The number of hydrogen-bond donors (Lipinski definition) is 0. The van der Waals surface area contributed by atoms with Crippen LogP contribution >= 0.6 is 11.3 Å². The first-order chi connectivity index (χ1) is 9.27. The summed E-state index contributed by atoms with van der Waals surface area (Å²) in [5, 5.41) is 0.784. The third kappa shape index (κ3) is 3.39. The molecule has 0 bridgehead atoms. The average molecular weight is 299 g/mol. The van der Waals surface area contributed by atoms with Crippen LogP contribution in [0.25, 0.3) is 10.6 Å². The molecule has 0 N–H and O–H groups in total. The molecule has 0 radical (unpaired) electrons. The molecule has 0 aliphatic rings. The van der Waals surface area contributed by atoms with Gasteiger partial charge in [-0.3, -0.25) is 0 Å². The van der Waals surface area contributed by atoms with Crippen molar-refractivity contribution >= 4 is 11.3 Å². The monoisotopic (exact) mass is 299 g/mol. The molecule has 0 saturated carbocycles. The van der Waals surface area contributed by atoms with Crippen LogP contribution in [0, 0.1) is 12.8 Å². The molecule has 2 aromatic rings. The number of aryl methyl sites for hydroxylation is 1. The van der Waals surface area contributed by atoms with Crippen LogP contribution in [-0.2, 0) is 12.6 Å². The Morgan fingerprint density at radius 3 is 2.25 bits per heavy atom. The van der Waals surface area contributed by atoms with Gasteiger partial charge in [-0.2, -0.15) is 13.2 Å². The molecule has 20 heavy (non-hydrogen) atoms. The Labute approximate surface area is 120 Å². The highest BCUT2D eigenvalue weighted by molar-refractivity contribution is 7.15. The molecule has 0 amide bonds. The Hall–Kier alpha value is -1.36. The number of alkyl halides is 3. The van der Waals surface area contributed by atoms with Gasteiger partial charge in [-0.15, -0.1) is 11.3 Å². The molecular weight excluding hydrogens is 283 g/mol. The van der Waals surface area contributed by atoms with Crippen molar-refractivity contribution in [2.24, 2.45) is 5.92 Å². The van der Waals surface area contributed by atoms with Crippen LogP contribution < -0.4 is 0 Å². The van der Waals surface area contributed by atoms with E-state index in [-0.39, 0.29) is 0 Å². The van der Waals surface area contributed by atoms with Crippen molar-refractivity contribution in [1.82, 2.24) is 4.98 Å². The molecule has 1 nitrogen and oxygen atoms in total. The summed E-state index contributed by atoms with van der Waals surface area (Å²) in [5.74, 6) is 0.537. The molecule has 0 aliphatic heterocycles. The van der Waals surface area contributed by atoms with Crippen molar-refractivity contribution in [2.45, 2.75) is 33.4 Å². The third-order valence-corrected chi connectivity index (χ3v) is 4.17. The van der Waals surface area contributed by atoms with Gasteiger partial charge in [-0.05, 0) is 31.4 Å². The van der Waals surface area contributed by atoms with Crippen molar-refractivity contribution in [3.8, 4) is 10.6 Å². The molecule has 0 saturated heterocycles. The van der Waals surface area contributed by atoms with E-state index in [0.717, 1.165) is 34.8 Å². The molecule has 0 spiro atoms. The maximum Gasteiger partial charge on any atom is 0.416 e. The van der Waals surface area contributed by atoms with Gasteiger partial charge in [-0.1, -0.05) is 26.0 Å². The minimum atomic E-state index is -4.29.